The maximum absolute atomic E-state index is 5.69. The molecule has 4 rings (SSSR count). The van der Waals surface area contributed by atoms with E-state index < -0.39 is 0 Å². The zero-order valence-electron chi connectivity index (χ0n) is 13.1. The Labute approximate surface area is 133 Å². The quantitative estimate of drug-likeness (QED) is 0.739. The van der Waals surface area contributed by atoms with Gasteiger partial charge >= 0.3 is 0 Å². The lowest BCUT2D eigenvalue weighted by molar-refractivity contribution is 0.272. The molecule has 118 valence electrons. The molecular formula is C17H17N3O3. The van der Waals surface area contributed by atoms with Gasteiger partial charge in [0.15, 0.2) is 5.82 Å². The van der Waals surface area contributed by atoms with E-state index in [-0.39, 0.29) is 5.92 Å². The Balaban J connectivity index is 1.62. The highest BCUT2D eigenvalue weighted by Gasteiger charge is 2.27. The van der Waals surface area contributed by atoms with Gasteiger partial charge in [0.25, 0.3) is 0 Å². The van der Waals surface area contributed by atoms with Crippen LogP contribution in [0.1, 0.15) is 46.6 Å². The van der Waals surface area contributed by atoms with Crippen molar-refractivity contribution < 1.29 is 13.8 Å². The first-order valence-electron chi connectivity index (χ1n) is 7.68. The number of benzene rings is 1. The SMILES string of the molecule is Cc1noc(C)c1Cc1nc(C2CCOc3ccccc32)no1. The molecule has 2 aromatic heterocycles. The summed E-state index contributed by atoms with van der Waals surface area (Å²) in [4.78, 5) is 4.59. The smallest absolute Gasteiger partial charge is 0.231 e. The van der Waals surface area contributed by atoms with Crippen molar-refractivity contribution in [2.24, 2.45) is 0 Å². The van der Waals surface area contributed by atoms with Gasteiger partial charge in [-0.15, -0.1) is 0 Å². The molecule has 23 heavy (non-hydrogen) atoms. The Kier molecular flexibility index (Phi) is 3.37. The third-order valence-corrected chi connectivity index (χ3v) is 4.26. The molecule has 0 radical (unpaired) electrons. The molecule has 0 amide bonds. The number of hydrogen-bond acceptors (Lipinski definition) is 6. The van der Waals surface area contributed by atoms with E-state index in [1.54, 1.807) is 0 Å². The normalized spacial score (nSPS) is 16.9. The van der Waals surface area contributed by atoms with Gasteiger partial charge in [-0.05, 0) is 26.3 Å². The number of fused-ring (bicyclic) bond motifs is 1. The van der Waals surface area contributed by atoms with Crippen molar-refractivity contribution >= 4 is 0 Å². The van der Waals surface area contributed by atoms with Gasteiger partial charge in [0.1, 0.15) is 11.5 Å². The molecule has 0 bridgehead atoms. The second-order valence-corrected chi connectivity index (χ2v) is 5.75. The molecule has 0 aliphatic carbocycles. The van der Waals surface area contributed by atoms with Crippen LogP contribution in [0.15, 0.2) is 33.3 Å². The standard InChI is InChI=1S/C17H17N3O3/c1-10-14(11(2)22-19-10)9-16-18-17(20-23-16)13-7-8-21-15-6-4-3-5-12(13)15/h3-6,13H,7-9H2,1-2H3. The van der Waals surface area contributed by atoms with Gasteiger partial charge in [-0.3, -0.25) is 0 Å². The first-order valence-corrected chi connectivity index (χ1v) is 7.68. The van der Waals surface area contributed by atoms with Crippen LogP contribution in [-0.2, 0) is 6.42 Å². The second kappa shape index (κ2) is 5.53. The molecule has 6 nitrogen and oxygen atoms in total. The monoisotopic (exact) mass is 311 g/mol. The number of aryl methyl sites for hydroxylation is 2. The molecule has 1 aliphatic rings. The first kappa shape index (κ1) is 14.0. The number of nitrogens with zero attached hydrogens (tertiary/aromatic N) is 3. The van der Waals surface area contributed by atoms with Crippen molar-refractivity contribution in [3.63, 3.8) is 0 Å². The van der Waals surface area contributed by atoms with Crippen molar-refractivity contribution in [3.8, 4) is 5.75 Å². The van der Waals surface area contributed by atoms with Crippen molar-refractivity contribution in [1.82, 2.24) is 15.3 Å². The third-order valence-electron chi connectivity index (χ3n) is 4.26. The Bertz CT molecular complexity index is 818. The van der Waals surface area contributed by atoms with Gasteiger partial charge in [-0.25, -0.2) is 0 Å². The van der Waals surface area contributed by atoms with Crippen LogP contribution in [0.2, 0.25) is 0 Å². The highest BCUT2D eigenvalue weighted by Crippen LogP contribution is 2.36. The fourth-order valence-electron chi connectivity index (χ4n) is 3.00. The summed E-state index contributed by atoms with van der Waals surface area (Å²) in [6, 6.07) is 8.02. The zero-order chi connectivity index (χ0) is 15.8. The van der Waals surface area contributed by atoms with Gasteiger partial charge in [-0.2, -0.15) is 4.98 Å². The lowest BCUT2D eigenvalue weighted by Gasteiger charge is -2.23. The summed E-state index contributed by atoms with van der Waals surface area (Å²) in [5.41, 5.74) is 2.98. The number of hydrogen-bond donors (Lipinski definition) is 0. The molecule has 0 fully saturated rings. The summed E-state index contributed by atoms with van der Waals surface area (Å²) in [7, 11) is 0. The van der Waals surface area contributed by atoms with Crippen LogP contribution in [0.3, 0.4) is 0 Å². The topological polar surface area (TPSA) is 74.2 Å². The average molecular weight is 311 g/mol. The fraction of sp³-hybridized carbons (Fsp3) is 0.353. The van der Waals surface area contributed by atoms with Crippen LogP contribution >= 0.6 is 0 Å². The Morgan fingerprint density at radius 2 is 2.00 bits per heavy atom. The number of rotatable bonds is 3. The van der Waals surface area contributed by atoms with Gasteiger partial charge < -0.3 is 13.8 Å². The predicted octanol–water partition coefficient (Wildman–Crippen LogP) is 3.18. The van der Waals surface area contributed by atoms with E-state index in [1.165, 1.54) is 0 Å². The highest BCUT2D eigenvalue weighted by molar-refractivity contribution is 5.40. The van der Waals surface area contributed by atoms with Crippen molar-refractivity contribution in [1.29, 1.82) is 0 Å². The van der Waals surface area contributed by atoms with E-state index in [9.17, 15) is 0 Å². The lowest BCUT2D eigenvalue weighted by Crippen LogP contribution is -2.16. The second-order valence-electron chi connectivity index (χ2n) is 5.75. The summed E-state index contributed by atoms with van der Waals surface area (Å²) < 4.78 is 16.3. The summed E-state index contributed by atoms with van der Waals surface area (Å²) in [6.45, 7) is 4.47. The van der Waals surface area contributed by atoms with Crippen LogP contribution in [0.25, 0.3) is 0 Å². The summed E-state index contributed by atoms with van der Waals surface area (Å²) in [5, 5.41) is 8.14. The van der Waals surface area contributed by atoms with Gasteiger partial charge in [0.2, 0.25) is 5.89 Å². The largest absolute Gasteiger partial charge is 0.493 e. The molecule has 1 aromatic carbocycles. The van der Waals surface area contributed by atoms with E-state index >= 15 is 0 Å². The molecule has 0 saturated carbocycles. The minimum Gasteiger partial charge on any atom is -0.493 e. The van der Waals surface area contributed by atoms with E-state index in [2.05, 4.69) is 21.4 Å². The van der Waals surface area contributed by atoms with Crippen molar-refractivity contribution in [2.45, 2.75) is 32.6 Å². The van der Waals surface area contributed by atoms with E-state index in [0.29, 0.717) is 24.7 Å². The molecule has 1 aliphatic heterocycles. The van der Waals surface area contributed by atoms with Crippen LogP contribution in [0, 0.1) is 13.8 Å². The van der Waals surface area contributed by atoms with Crippen LogP contribution in [0.5, 0.6) is 5.75 Å². The Hall–Kier alpha value is -2.63. The number of aromatic nitrogens is 3. The molecule has 1 unspecified atom stereocenters. The zero-order valence-corrected chi connectivity index (χ0v) is 13.1. The molecule has 0 N–H and O–H groups in total. The van der Waals surface area contributed by atoms with Crippen molar-refractivity contribution in [2.75, 3.05) is 6.61 Å². The third kappa shape index (κ3) is 2.50. The number of ether oxygens (including phenoxy) is 1. The van der Waals surface area contributed by atoms with Gasteiger partial charge in [-0.1, -0.05) is 28.5 Å². The maximum atomic E-state index is 5.69. The van der Waals surface area contributed by atoms with E-state index in [0.717, 1.165) is 34.8 Å². The van der Waals surface area contributed by atoms with Crippen LogP contribution in [0.4, 0.5) is 0 Å². The average Bonchev–Trinajstić information content (AvgIpc) is 3.16. The first-order chi connectivity index (χ1) is 11.2. The molecule has 3 heterocycles. The molecule has 0 spiro atoms. The van der Waals surface area contributed by atoms with Gasteiger partial charge in [0.05, 0.1) is 24.6 Å². The Morgan fingerprint density at radius 3 is 2.83 bits per heavy atom. The number of para-hydroxylation sites is 1. The Morgan fingerprint density at radius 1 is 1.13 bits per heavy atom. The maximum Gasteiger partial charge on any atom is 0.231 e. The fourth-order valence-corrected chi connectivity index (χ4v) is 3.00. The van der Waals surface area contributed by atoms with Crippen LogP contribution in [-0.4, -0.2) is 21.9 Å². The molecule has 0 saturated heterocycles. The predicted molar refractivity (Wildman–Crippen MR) is 81.5 cm³/mol. The van der Waals surface area contributed by atoms with Gasteiger partial charge in [0, 0.05) is 11.1 Å². The highest BCUT2D eigenvalue weighted by atomic mass is 16.5. The summed E-state index contributed by atoms with van der Waals surface area (Å²) >= 11 is 0. The van der Waals surface area contributed by atoms with E-state index in [4.69, 9.17) is 13.8 Å². The van der Waals surface area contributed by atoms with Crippen molar-refractivity contribution in [3.05, 3.63) is 58.6 Å². The molecular weight excluding hydrogens is 294 g/mol. The van der Waals surface area contributed by atoms with Crippen LogP contribution < -0.4 is 4.74 Å². The summed E-state index contributed by atoms with van der Waals surface area (Å²) in [5.74, 6) is 3.10. The molecule has 6 heteroatoms. The molecule has 3 aromatic rings. The lowest BCUT2D eigenvalue weighted by atomic mass is 9.92. The van der Waals surface area contributed by atoms with E-state index in [1.807, 2.05) is 32.0 Å². The minimum absolute atomic E-state index is 0.113. The molecule has 1 atom stereocenters. The minimum atomic E-state index is 0.113. The summed E-state index contributed by atoms with van der Waals surface area (Å²) in [6.07, 6.45) is 1.39.